The molecule has 1 rings (SSSR count). The van der Waals surface area contributed by atoms with Crippen LogP contribution < -0.4 is 5.32 Å². The third kappa shape index (κ3) is 2.08. The average Bonchev–Trinajstić information content (AvgIpc) is 2.17. The maximum Gasteiger partial charge on any atom is 0.245 e. The van der Waals surface area contributed by atoms with E-state index in [-0.39, 0.29) is 5.91 Å². The number of hydrogen-bond acceptors (Lipinski definition) is 2. The molecule has 0 saturated carbocycles. The summed E-state index contributed by atoms with van der Waals surface area (Å²) in [6.45, 7) is 5.18. The second-order valence-electron chi connectivity index (χ2n) is 3.09. The largest absolute Gasteiger partial charge is 0.339 e. The molecule has 1 fully saturated rings. The normalized spacial score (nSPS) is 19.2. The maximum atomic E-state index is 11.1. The van der Waals surface area contributed by atoms with Gasteiger partial charge in [0.1, 0.15) is 0 Å². The fourth-order valence-electron chi connectivity index (χ4n) is 1.52. The molecule has 1 amide bonds. The van der Waals surface area contributed by atoms with Gasteiger partial charge in [-0.05, 0) is 26.0 Å². The molecule has 0 radical (unpaired) electrons. The van der Waals surface area contributed by atoms with Gasteiger partial charge in [0.15, 0.2) is 0 Å². The Labute approximate surface area is 73.4 Å². The van der Waals surface area contributed by atoms with E-state index in [0.29, 0.717) is 6.04 Å². The van der Waals surface area contributed by atoms with Gasteiger partial charge in [0.05, 0.1) is 0 Å². The quantitative estimate of drug-likeness (QED) is 0.605. The van der Waals surface area contributed by atoms with Crippen LogP contribution in [0.1, 0.15) is 12.8 Å². The summed E-state index contributed by atoms with van der Waals surface area (Å²) < 4.78 is 0. The van der Waals surface area contributed by atoms with Crippen LogP contribution in [0.4, 0.5) is 0 Å². The van der Waals surface area contributed by atoms with E-state index in [1.54, 1.807) is 0 Å². The molecule has 0 bridgehead atoms. The topological polar surface area (TPSA) is 32.3 Å². The minimum atomic E-state index is 0.0598. The SMILES string of the molecule is C=CC(=O)N1CCC(NC)CC1. The zero-order valence-corrected chi connectivity index (χ0v) is 7.55. The zero-order chi connectivity index (χ0) is 8.97. The first-order valence-electron chi connectivity index (χ1n) is 4.36. The monoisotopic (exact) mass is 168 g/mol. The molecule has 1 N–H and O–H groups in total. The molecule has 68 valence electrons. The van der Waals surface area contributed by atoms with E-state index in [2.05, 4.69) is 11.9 Å². The van der Waals surface area contributed by atoms with E-state index < -0.39 is 0 Å². The number of nitrogens with one attached hydrogen (secondary N) is 1. The smallest absolute Gasteiger partial charge is 0.245 e. The summed E-state index contributed by atoms with van der Waals surface area (Å²) in [7, 11) is 1.97. The highest BCUT2D eigenvalue weighted by Crippen LogP contribution is 2.09. The molecular formula is C9H16N2O. The number of carbonyl (C=O) groups excluding carboxylic acids is 1. The standard InChI is InChI=1S/C9H16N2O/c1-3-9(12)11-6-4-8(10-2)5-7-11/h3,8,10H,1,4-7H2,2H3. The summed E-state index contributed by atoms with van der Waals surface area (Å²) in [6.07, 6.45) is 3.49. The van der Waals surface area contributed by atoms with E-state index in [9.17, 15) is 4.79 Å². The molecule has 1 aliphatic rings. The predicted octanol–water partition coefficient (Wildman–Crippen LogP) is 0.383. The van der Waals surface area contributed by atoms with Crippen molar-refractivity contribution in [2.24, 2.45) is 0 Å². The Hall–Kier alpha value is -0.830. The van der Waals surface area contributed by atoms with Crippen molar-refractivity contribution < 1.29 is 4.79 Å². The minimum Gasteiger partial charge on any atom is -0.339 e. The van der Waals surface area contributed by atoms with Gasteiger partial charge in [-0.25, -0.2) is 0 Å². The minimum absolute atomic E-state index is 0.0598. The van der Waals surface area contributed by atoms with Crippen LogP contribution in [-0.2, 0) is 4.79 Å². The summed E-state index contributed by atoms with van der Waals surface area (Å²) in [5.41, 5.74) is 0. The number of nitrogens with zero attached hydrogens (tertiary/aromatic N) is 1. The summed E-state index contributed by atoms with van der Waals surface area (Å²) in [5.74, 6) is 0.0598. The van der Waals surface area contributed by atoms with Gasteiger partial charge in [-0.2, -0.15) is 0 Å². The Morgan fingerprint density at radius 3 is 2.58 bits per heavy atom. The molecule has 3 nitrogen and oxygen atoms in total. The van der Waals surface area contributed by atoms with E-state index in [0.717, 1.165) is 25.9 Å². The van der Waals surface area contributed by atoms with Crippen molar-refractivity contribution in [1.82, 2.24) is 10.2 Å². The Kier molecular flexibility index (Phi) is 3.29. The number of rotatable bonds is 2. The lowest BCUT2D eigenvalue weighted by atomic mass is 10.1. The first-order chi connectivity index (χ1) is 5.77. The first kappa shape index (κ1) is 9.26. The molecule has 0 aromatic rings. The van der Waals surface area contributed by atoms with Crippen LogP contribution in [0.5, 0.6) is 0 Å². The van der Waals surface area contributed by atoms with Gasteiger partial charge in [0.2, 0.25) is 5.91 Å². The Bertz CT molecular complexity index is 171. The van der Waals surface area contributed by atoms with Gasteiger partial charge < -0.3 is 10.2 Å². The van der Waals surface area contributed by atoms with Crippen molar-refractivity contribution in [3.05, 3.63) is 12.7 Å². The van der Waals surface area contributed by atoms with Gasteiger partial charge in [0, 0.05) is 19.1 Å². The van der Waals surface area contributed by atoms with Crippen LogP contribution in [0.15, 0.2) is 12.7 Å². The van der Waals surface area contributed by atoms with E-state index in [1.165, 1.54) is 6.08 Å². The van der Waals surface area contributed by atoms with Gasteiger partial charge in [0.25, 0.3) is 0 Å². The Morgan fingerprint density at radius 2 is 2.17 bits per heavy atom. The van der Waals surface area contributed by atoms with Gasteiger partial charge in [-0.15, -0.1) is 0 Å². The molecule has 12 heavy (non-hydrogen) atoms. The van der Waals surface area contributed by atoms with Crippen LogP contribution in [0.3, 0.4) is 0 Å². The highest BCUT2D eigenvalue weighted by atomic mass is 16.2. The third-order valence-corrected chi connectivity index (χ3v) is 2.39. The number of amides is 1. The van der Waals surface area contributed by atoms with Crippen molar-refractivity contribution in [2.45, 2.75) is 18.9 Å². The van der Waals surface area contributed by atoms with E-state index in [4.69, 9.17) is 0 Å². The lowest BCUT2D eigenvalue weighted by molar-refractivity contribution is -0.127. The molecule has 0 aliphatic carbocycles. The molecule has 1 saturated heterocycles. The van der Waals surface area contributed by atoms with Crippen LogP contribution in [-0.4, -0.2) is 37.0 Å². The third-order valence-electron chi connectivity index (χ3n) is 2.39. The van der Waals surface area contributed by atoms with Crippen LogP contribution in [0.2, 0.25) is 0 Å². The van der Waals surface area contributed by atoms with Crippen molar-refractivity contribution in [3.63, 3.8) is 0 Å². The predicted molar refractivity (Wildman–Crippen MR) is 48.9 cm³/mol. The van der Waals surface area contributed by atoms with Crippen molar-refractivity contribution in [3.8, 4) is 0 Å². The molecule has 0 unspecified atom stereocenters. The summed E-state index contributed by atoms with van der Waals surface area (Å²) in [4.78, 5) is 13.0. The molecule has 1 aliphatic heterocycles. The van der Waals surface area contributed by atoms with E-state index >= 15 is 0 Å². The van der Waals surface area contributed by atoms with E-state index in [1.807, 2.05) is 11.9 Å². The summed E-state index contributed by atoms with van der Waals surface area (Å²) in [6, 6.07) is 0.582. The van der Waals surface area contributed by atoms with Crippen LogP contribution in [0, 0.1) is 0 Å². The molecule has 3 heteroatoms. The van der Waals surface area contributed by atoms with Gasteiger partial charge in [-0.1, -0.05) is 6.58 Å². The average molecular weight is 168 g/mol. The Balaban J connectivity index is 2.35. The molecule has 0 aromatic heterocycles. The maximum absolute atomic E-state index is 11.1. The van der Waals surface area contributed by atoms with Crippen molar-refractivity contribution >= 4 is 5.91 Å². The molecule has 0 spiro atoms. The van der Waals surface area contributed by atoms with Gasteiger partial charge in [-0.3, -0.25) is 4.79 Å². The van der Waals surface area contributed by atoms with Gasteiger partial charge >= 0.3 is 0 Å². The highest BCUT2D eigenvalue weighted by molar-refractivity contribution is 5.87. The van der Waals surface area contributed by atoms with Crippen molar-refractivity contribution in [2.75, 3.05) is 20.1 Å². The second kappa shape index (κ2) is 4.26. The molecule has 1 heterocycles. The number of hydrogen-bond donors (Lipinski definition) is 1. The molecular weight excluding hydrogens is 152 g/mol. The van der Waals surface area contributed by atoms with Crippen LogP contribution in [0.25, 0.3) is 0 Å². The zero-order valence-electron chi connectivity index (χ0n) is 7.55. The fraction of sp³-hybridized carbons (Fsp3) is 0.667. The lowest BCUT2D eigenvalue weighted by Crippen LogP contribution is -2.43. The van der Waals surface area contributed by atoms with Crippen molar-refractivity contribution in [1.29, 1.82) is 0 Å². The molecule has 0 aromatic carbocycles. The van der Waals surface area contributed by atoms with Crippen LogP contribution >= 0.6 is 0 Å². The second-order valence-corrected chi connectivity index (χ2v) is 3.09. The fourth-order valence-corrected chi connectivity index (χ4v) is 1.52. The first-order valence-corrected chi connectivity index (χ1v) is 4.36. The molecule has 0 atom stereocenters. The highest BCUT2D eigenvalue weighted by Gasteiger charge is 2.19. The summed E-state index contributed by atoms with van der Waals surface area (Å²) in [5, 5.41) is 3.22. The number of carbonyl (C=O) groups is 1. The number of piperidine rings is 1. The Morgan fingerprint density at radius 1 is 1.58 bits per heavy atom. The number of likely N-dealkylation sites (tertiary alicyclic amines) is 1. The lowest BCUT2D eigenvalue weighted by Gasteiger charge is -2.30. The summed E-state index contributed by atoms with van der Waals surface area (Å²) >= 11 is 0.